The number of hydrogen-bond donors (Lipinski definition) is 2. The first-order chi connectivity index (χ1) is 9.49. The molecule has 0 aromatic heterocycles. The van der Waals surface area contributed by atoms with Crippen LogP contribution in [0.5, 0.6) is 5.75 Å². The molecule has 0 spiro atoms. The van der Waals surface area contributed by atoms with Crippen molar-refractivity contribution in [2.24, 2.45) is 5.73 Å². The summed E-state index contributed by atoms with van der Waals surface area (Å²) < 4.78 is 0. The third-order valence-corrected chi connectivity index (χ3v) is 3.52. The Labute approximate surface area is 119 Å². The summed E-state index contributed by atoms with van der Waals surface area (Å²) in [5, 5.41) is 9.87. The average molecular weight is 269 g/mol. The number of benzene rings is 2. The molecule has 2 rings (SSSR count). The van der Waals surface area contributed by atoms with Crippen LogP contribution in [0.3, 0.4) is 0 Å². The summed E-state index contributed by atoms with van der Waals surface area (Å²) in [5.41, 5.74) is 9.06. The van der Waals surface area contributed by atoms with Crippen LogP contribution in [0.15, 0.2) is 42.5 Å². The molecule has 0 bridgehead atoms. The molecular weight excluding hydrogens is 250 g/mol. The van der Waals surface area contributed by atoms with E-state index in [1.807, 2.05) is 56.3 Å². The van der Waals surface area contributed by atoms with Crippen molar-refractivity contribution in [2.75, 3.05) is 0 Å². The molecule has 3 heteroatoms. The highest BCUT2D eigenvalue weighted by molar-refractivity contribution is 5.75. The van der Waals surface area contributed by atoms with E-state index in [9.17, 15) is 9.90 Å². The first kappa shape index (κ1) is 14.1. The molecule has 20 heavy (non-hydrogen) atoms. The molecule has 2 aromatic carbocycles. The minimum atomic E-state index is -0.331. The summed E-state index contributed by atoms with van der Waals surface area (Å²) in [4.78, 5) is 11.4. The lowest BCUT2D eigenvalue weighted by molar-refractivity contribution is -0.118. The third kappa shape index (κ3) is 2.99. The summed E-state index contributed by atoms with van der Waals surface area (Å²) in [7, 11) is 0. The predicted octanol–water partition coefficient (Wildman–Crippen LogP) is 3.02. The SMILES string of the molecule is Cc1cc(C(CC(N)=O)c2ccccc2)cc(C)c1O. The van der Waals surface area contributed by atoms with Crippen molar-refractivity contribution in [3.63, 3.8) is 0 Å². The maximum atomic E-state index is 11.4. The number of carbonyl (C=O) groups excluding carboxylic acids is 1. The number of rotatable bonds is 4. The van der Waals surface area contributed by atoms with Crippen LogP contribution in [-0.4, -0.2) is 11.0 Å². The highest BCUT2D eigenvalue weighted by Gasteiger charge is 2.18. The van der Waals surface area contributed by atoms with Gasteiger partial charge in [-0.3, -0.25) is 4.79 Å². The largest absolute Gasteiger partial charge is 0.507 e. The number of amides is 1. The van der Waals surface area contributed by atoms with Gasteiger partial charge in [-0.25, -0.2) is 0 Å². The lowest BCUT2D eigenvalue weighted by atomic mass is 9.86. The van der Waals surface area contributed by atoms with Crippen LogP contribution in [0.4, 0.5) is 0 Å². The zero-order valence-electron chi connectivity index (χ0n) is 11.8. The summed E-state index contributed by atoms with van der Waals surface area (Å²) in [6.07, 6.45) is 0.258. The number of primary amides is 1. The third-order valence-electron chi connectivity index (χ3n) is 3.52. The fourth-order valence-corrected chi connectivity index (χ4v) is 2.51. The second-order valence-corrected chi connectivity index (χ2v) is 5.14. The van der Waals surface area contributed by atoms with Gasteiger partial charge in [0.25, 0.3) is 0 Å². The van der Waals surface area contributed by atoms with E-state index in [1.54, 1.807) is 0 Å². The molecule has 1 atom stereocenters. The highest BCUT2D eigenvalue weighted by atomic mass is 16.3. The van der Waals surface area contributed by atoms with E-state index in [0.717, 1.165) is 22.3 Å². The van der Waals surface area contributed by atoms with Crippen LogP contribution >= 0.6 is 0 Å². The Hall–Kier alpha value is -2.29. The maximum absolute atomic E-state index is 11.4. The topological polar surface area (TPSA) is 63.3 Å². The lowest BCUT2D eigenvalue weighted by Gasteiger charge is -2.18. The first-order valence-corrected chi connectivity index (χ1v) is 6.62. The smallest absolute Gasteiger partial charge is 0.218 e. The van der Waals surface area contributed by atoms with E-state index in [0.29, 0.717) is 5.75 Å². The van der Waals surface area contributed by atoms with Crippen LogP contribution in [0.1, 0.15) is 34.6 Å². The van der Waals surface area contributed by atoms with E-state index in [1.165, 1.54) is 0 Å². The summed E-state index contributed by atoms with van der Waals surface area (Å²) in [6, 6.07) is 13.7. The first-order valence-electron chi connectivity index (χ1n) is 6.62. The average Bonchev–Trinajstić information content (AvgIpc) is 2.42. The molecule has 0 aliphatic rings. The molecular formula is C17H19NO2. The van der Waals surface area contributed by atoms with Gasteiger partial charge in [-0.05, 0) is 36.1 Å². The summed E-state index contributed by atoms with van der Waals surface area (Å²) in [6.45, 7) is 3.72. The molecule has 104 valence electrons. The Kier molecular flexibility index (Phi) is 4.08. The Morgan fingerprint density at radius 3 is 2.15 bits per heavy atom. The molecule has 1 unspecified atom stereocenters. The number of aryl methyl sites for hydroxylation is 2. The predicted molar refractivity (Wildman–Crippen MR) is 79.7 cm³/mol. The van der Waals surface area contributed by atoms with E-state index in [-0.39, 0.29) is 18.2 Å². The normalized spacial score (nSPS) is 12.1. The van der Waals surface area contributed by atoms with Gasteiger partial charge in [0, 0.05) is 12.3 Å². The summed E-state index contributed by atoms with van der Waals surface area (Å²) >= 11 is 0. The van der Waals surface area contributed by atoms with Gasteiger partial charge in [-0.2, -0.15) is 0 Å². The van der Waals surface area contributed by atoms with Crippen molar-refractivity contribution in [1.82, 2.24) is 0 Å². The number of phenolic OH excluding ortho intramolecular Hbond substituents is 1. The van der Waals surface area contributed by atoms with Crippen molar-refractivity contribution in [3.8, 4) is 5.75 Å². The number of nitrogens with two attached hydrogens (primary N) is 1. The van der Waals surface area contributed by atoms with Gasteiger partial charge in [0.1, 0.15) is 5.75 Å². The van der Waals surface area contributed by atoms with Crippen LogP contribution in [0, 0.1) is 13.8 Å². The Bertz CT molecular complexity index is 597. The van der Waals surface area contributed by atoms with Gasteiger partial charge < -0.3 is 10.8 Å². The molecule has 0 radical (unpaired) electrons. The van der Waals surface area contributed by atoms with Crippen molar-refractivity contribution in [1.29, 1.82) is 0 Å². The molecule has 1 amide bonds. The molecule has 2 aromatic rings. The van der Waals surface area contributed by atoms with E-state index in [4.69, 9.17) is 5.73 Å². The van der Waals surface area contributed by atoms with Crippen LogP contribution in [0.25, 0.3) is 0 Å². The van der Waals surface area contributed by atoms with E-state index < -0.39 is 0 Å². The number of aromatic hydroxyl groups is 1. The fourth-order valence-electron chi connectivity index (χ4n) is 2.51. The van der Waals surface area contributed by atoms with Crippen LogP contribution < -0.4 is 5.73 Å². The molecule has 0 saturated heterocycles. The molecule has 3 N–H and O–H groups in total. The van der Waals surface area contributed by atoms with Crippen molar-refractivity contribution in [3.05, 3.63) is 64.7 Å². The fraction of sp³-hybridized carbons (Fsp3) is 0.235. The lowest BCUT2D eigenvalue weighted by Crippen LogP contribution is -2.16. The van der Waals surface area contributed by atoms with Gasteiger partial charge in [0.15, 0.2) is 0 Å². The number of phenols is 1. The maximum Gasteiger partial charge on any atom is 0.218 e. The second-order valence-electron chi connectivity index (χ2n) is 5.14. The molecule has 0 aliphatic heterocycles. The van der Waals surface area contributed by atoms with Gasteiger partial charge in [-0.1, -0.05) is 42.5 Å². The molecule has 0 heterocycles. The zero-order chi connectivity index (χ0) is 14.7. The van der Waals surface area contributed by atoms with Crippen molar-refractivity contribution >= 4 is 5.91 Å². The Morgan fingerprint density at radius 2 is 1.65 bits per heavy atom. The van der Waals surface area contributed by atoms with Crippen LogP contribution in [0.2, 0.25) is 0 Å². The van der Waals surface area contributed by atoms with E-state index >= 15 is 0 Å². The molecule has 0 aliphatic carbocycles. The van der Waals surface area contributed by atoms with Gasteiger partial charge >= 0.3 is 0 Å². The van der Waals surface area contributed by atoms with Gasteiger partial charge in [0.05, 0.1) is 0 Å². The quantitative estimate of drug-likeness (QED) is 0.896. The molecule has 3 nitrogen and oxygen atoms in total. The number of hydrogen-bond acceptors (Lipinski definition) is 2. The minimum Gasteiger partial charge on any atom is -0.507 e. The van der Waals surface area contributed by atoms with Gasteiger partial charge in [-0.15, -0.1) is 0 Å². The Morgan fingerprint density at radius 1 is 1.10 bits per heavy atom. The number of carbonyl (C=O) groups is 1. The van der Waals surface area contributed by atoms with Crippen LogP contribution in [-0.2, 0) is 4.79 Å². The Balaban J connectivity index is 2.49. The zero-order valence-corrected chi connectivity index (χ0v) is 11.8. The summed E-state index contributed by atoms with van der Waals surface area (Å²) in [5.74, 6) is -0.103. The van der Waals surface area contributed by atoms with E-state index in [2.05, 4.69) is 0 Å². The molecule has 0 fully saturated rings. The van der Waals surface area contributed by atoms with Gasteiger partial charge in [0.2, 0.25) is 5.91 Å². The monoisotopic (exact) mass is 269 g/mol. The minimum absolute atomic E-state index is 0.0771. The van der Waals surface area contributed by atoms with Crippen molar-refractivity contribution < 1.29 is 9.90 Å². The highest BCUT2D eigenvalue weighted by Crippen LogP contribution is 2.32. The molecule has 0 saturated carbocycles. The second kappa shape index (κ2) is 5.78. The standard InChI is InChI=1S/C17H19NO2/c1-11-8-14(9-12(2)17(11)20)15(10-16(18)19)13-6-4-3-5-7-13/h3-9,15,20H,10H2,1-2H3,(H2,18,19). The van der Waals surface area contributed by atoms with Crippen molar-refractivity contribution in [2.45, 2.75) is 26.2 Å².